The average Bonchev–Trinajstić information content (AvgIpc) is 2.26. The molecule has 0 saturated heterocycles. The number of ether oxygens (including phenoxy) is 1. The molecular formula is C12H18O2. The van der Waals surface area contributed by atoms with Gasteiger partial charge in [0.25, 0.3) is 0 Å². The number of rotatable bonds is 4. The zero-order valence-electron chi connectivity index (χ0n) is 9.13. The average molecular weight is 194 g/mol. The van der Waals surface area contributed by atoms with Crippen LogP contribution in [0.5, 0.6) is 5.75 Å². The van der Waals surface area contributed by atoms with Gasteiger partial charge in [0.1, 0.15) is 5.75 Å². The third-order valence-electron chi connectivity index (χ3n) is 2.50. The van der Waals surface area contributed by atoms with E-state index in [0.717, 1.165) is 24.2 Å². The summed E-state index contributed by atoms with van der Waals surface area (Å²) in [6, 6.07) is 3.97. The van der Waals surface area contributed by atoms with E-state index in [2.05, 4.69) is 19.9 Å². The standard InChI is InChI=1S/C12H18O2/c1-4-10-6-9(8-13)7-12(14-3)11(10)5-2/h6-7,13H,4-5,8H2,1-3H3. The zero-order chi connectivity index (χ0) is 10.6. The Morgan fingerprint density at radius 2 is 1.93 bits per heavy atom. The van der Waals surface area contributed by atoms with Gasteiger partial charge in [-0.3, -0.25) is 0 Å². The fourth-order valence-electron chi connectivity index (χ4n) is 1.76. The van der Waals surface area contributed by atoms with Gasteiger partial charge in [-0.05, 0) is 35.6 Å². The summed E-state index contributed by atoms with van der Waals surface area (Å²) in [6.07, 6.45) is 1.95. The van der Waals surface area contributed by atoms with Crippen molar-refractivity contribution in [1.29, 1.82) is 0 Å². The number of hydrogen-bond donors (Lipinski definition) is 1. The number of methoxy groups -OCH3 is 1. The first-order valence-electron chi connectivity index (χ1n) is 5.06. The van der Waals surface area contributed by atoms with Crippen LogP contribution in [0, 0.1) is 0 Å². The summed E-state index contributed by atoms with van der Waals surface area (Å²) in [6.45, 7) is 4.32. The molecule has 1 aromatic carbocycles. The van der Waals surface area contributed by atoms with E-state index in [1.165, 1.54) is 11.1 Å². The van der Waals surface area contributed by atoms with Crippen LogP contribution in [0.3, 0.4) is 0 Å². The van der Waals surface area contributed by atoms with E-state index in [0.29, 0.717) is 0 Å². The largest absolute Gasteiger partial charge is 0.496 e. The van der Waals surface area contributed by atoms with Crippen molar-refractivity contribution in [3.8, 4) is 5.75 Å². The van der Waals surface area contributed by atoms with Gasteiger partial charge in [0.15, 0.2) is 0 Å². The van der Waals surface area contributed by atoms with Gasteiger partial charge < -0.3 is 9.84 Å². The Morgan fingerprint density at radius 3 is 2.36 bits per heavy atom. The highest BCUT2D eigenvalue weighted by Gasteiger charge is 2.08. The van der Waals surface area contributed by atoms with Gasteiger partial charge in [-0.1, -0.05) is 19.9 Å². The van der Waals surface area contributed by atoms with Crippen LogP contribution in [0.2, 0.25) is 0 Å². The lowest BCUT2D eigenvalue weighted by molar-refractivity contribution is 0.280. The van der Waals surface area contributed by atoms with Crippen molar-refractivity contribution in [2.45, 2.75) is 33.3 Å². The molecule has 78 valence electrons. The molecule has 14 heavy (non-hydrogen) atoms. The molecule has 1 rings (SSSR count). The lowest BCUT2D eigenvalue weighted by Crippen LogP contribution is -1.99. The fraction of sp³-hybridized carbons (Fsp3) is 0.500. The van der Waals surface area contributed by atoms with Gasteiger partial charge in [0.05, 0.1) is 13.7 Å². The summed E-state index contributed by atoms with van der Waals surface area (Å²) >= 11 is 0. The van der Waals surface area contributed by atoms with Gasteiger partial charge in [0, 0.05) is 0 Å². The Morgan fingerprint density at radius 1 is 1.21 bits per heavy atom. The third kappa shape index (κ3) is 2.07. The molecule has 0 amide bonds. The summed E-state index contributed by atoms with van der Waals surface area (Å²) in [7, 11) is 1.68. The van der Waals surface area contributed by atoms with Crippen LogP contribution in [-0.2, 0) is 19.4 Å². The summed E-state index contributed by atoms with van der Waals surface area (Å²) in [5, 5.41) is 9.09. The molecule has 2 heteroatoms. The Labute approximate surface area is 85.5 Å². The van der Waals surface area contributed by atoms with Crippen molar-refractivity contribution in [2.75, 3.05) is 7.11 Å². The molecule has 0 heterocycles. The molecule has 0 unspecified atom stereocenters. The van der Waals surface area contributed by atoms with E-state index in [-0.39, 0.29) is 6.61 Å². The maximum atomic E-state index is 9.09. The molecule has 0 atom stereocenters. The SMILES string of the molecule is CCc1cc(CO)cc(OC)c1CC. The molecule has 0 aliphatic rings. The summed E-state index contributed by atoms with van der Waals surface area (Å²) in [5.74, 6) is 0.899. The highest BCUT2D eigenvalue weighted by atomic mass is 16.5. The molecule has 0 bridgehead atoms. The Bertz CT molecular complexity index is 280. The first kappa shape index (κ1) is 11.1. The van der Waals surface area contributed by atoms with Crippen LogP contribution in [-0.4, -0.2) is 12.2 Å². The smallest absolute Gasteiger partial charge is 0.122 e. The molecule has 2 nitrogen and oxygen atoms in total. The Kier molecular flexibility index (Phi) is 3.96. The highest BCUT2D eigenvalue weighted by molar-refractivity contribution is 5.43. The monoisotopic (exact) mass is 194 g/mol. The summed E-state index contributed by atoms with van der Waals surface area (Å²) in [4.78, 5) is 0. The van der Waals surface area contributed by atoms with Gasteiger partial charge >= 0.3 is 0 Å². The molecule has 0 aliphatic heterocycles. The van der Waals surface area contributed by atoms with Gasteiger partial charge in [-0.2, -0.15) is 0 Å². The molecule has 0 aromatic heterocycles. The van der Waals surface area contributed by atoms with E-state index >= 15 is 0 Å². The molecule has 0 spiro atoms. The van der Waals surface area contributed by atoms with E-state index in [1.807, 2.05) is 6.07 Å². The predicted octanol–water partition coefficient (Wildman–Crippen LogP) is 2.31. The zero-order valence-corrected chi connectivity index (χ0v) is 9.13. The molecule has 0 radical (unpaired) electrons. The lowest BCUT2D eigenvalue weighted by Gasteiger charge is -2.13. The maximum Gasteiger partial charge on any atom is 0.122 e. The molecule has 0 fully saturated rings. The van der Waals surface area contributed by atoms with Crippen LogP contribution in [0.25, 0.3) is 0 Å². The quantitative estimate of drug-likeness (QED) is 0.797. The van der Waals surface area contributed by atoms with Crippen molar-refractivity contribution in [2.24, 2.45) is 0 Å². The Balaban J connectivity index is 3.24. The highest BCUT2D eigenvalue weighted by Crippen LogP contribution is 2.25. The van der Waals surface area contributed by atoms with E-state index in [9.17, 15) is 0 Å². The number of hydrogen-bond acceptors (Lipinski definition) is 2. The van der Waals surface area contributed by atoms with Crippen LogP contribution in [0.1, 0.15) is 30.5 Å². The van der Waals surface area contributed by atoms with Crippen molar-refractivity contribution < 1.29 is 9.84 Å². The van der Waals surface area contributed by atoms with Crippen molar-refractivity contribution in [3.05, 3.63) is 28.8 Å². The molecule has 1 aromatic rings. The van der Waals surface area contributed by atoms with Crippen molar-refractivity contribution in [1.82, 2.24) is 0 Å². The van der Waals surface area contributed by atoms with E-state index in [1.54, 1.807) is 7.11 Å². The van der Waals surface area contributed by atoms with Crippen LogP contribution in [0.15, 0.2) is 12.1 Å². The second-order valence-corrected chi connectivity index (χ2v) is 3.30. The molecule has 1 N–H and O–H groups in total. The van der Waals surface area contributed by atoms with E-state index < -0.39 is 0 Å². The number of aryl methyl sites for hydroxylation is 1. The molecule has 0 aliphatic carbocycles. The van der Waals surface area contributed by atoms with Gasteiger partial charge in [0.2, 0.25) is 0 Å². The third-order valence-corrected chi connectivity index (χ3v) is 2.50. The van der Waals surface area contributed by atoms with Gasteiger partial charge in [-0.25, -0.2) is 0 Å². The first-order valence-corrected chi connectivity index (χ1v) is 5.06. The number of aliphatic hydroxyl groups is 1. The normalized spacial score (nSPS) is 10.3. The topological polar surface area (TPSA) is 29.5 Å². The molecule has 0 saturated carbocycles. The Hall–Kier alpha value is -1.02. The van der Waals surface area contributed by atoms with Gasteiger partial charge in [-0.15, -0.1) is 0 Å². The number of aliphatic hydroxyl groups excluding tert-OH is 1. The second-order valence-electron chi connectivity index (χ2n) is 3.30. The summed E-state index contributed by atoms with van der Waals surface area (Å²) < 4.78 is 5.31. The molecular weight excluding hydrogens is 176 g/mol. The van der Waals surface area contributed by atoms with Crippen molar-refractivity contribution in [3.63, 3.8) is 0 Å². The summed E-state index contributed by atoms with van der Waals surface area (Å²) in [5.41, 5.74) is 3.46. The van der Waals surface area contributed by atoms with Crippen LogP contribution >= 0.6 is 0 Å². The maximum absolute atomic E-state index is 9.09. The fourth-order valence-corrected chi connectivity index (χ4v) is 1.76. The second kappa shape index (κ2) is 5.01. The minimum Gasteiger partial charge on any atom is -0.496 e. The van der Waals surface area contributed by atoms with Crippen LogP contribution in [0.4, 0.5) is 0 Å². The first-order chi connectivity index (χ1) is 6.76. The van der Waals surface area contributed by atoms with Crippen LogP contribution < -0.4 is 4.74 Å². The minimum atomic E-state index is 0.0767. The van der Waals surface area contributed by atoms with E-state index in [4.69, 9.17) is 9.84 Å². The lowest BCUT2D eigenvalue weighted by atomic mass is 9.99. The van der Waals surface area contributed by atoms with Crippen molar-refractivity contribution >= 4 is 0 Å². The minimum absolute atomic E-state index is 0.0767. The number of benzene rings is 1. The predicted molar refractivity (Wildman–Crippen MR) is 57.7 cm³/mol.